The van der Waals surface area contributed by atoms with Gasteiger partial charge in [0.1, 0.15) is 0 Å². The molecule has 1 heterocycles. The zero-order valence-corrected chi connectivity index (χ0v) is 17.6. The summed E-state index contributed by atoms with van der Waals surface area (Å²) in [6.07, 6.45) is 3.39. The van der Waals surface area contributed by atoms with Crippen LogP contribution in [0.3, 0.4) is 0 Å². The van der Waals surface area contributed by atoms with E-state index < -0.39 is 10.8 Å². The van der Waals surface area contributed by atoms with Gasteiger partial charge in [-0.3, -0.25) is 26.7 Å². The molecule has 3 nitrogen and oxygen atoms in total. The average Bonchev–Trinajstić information content (AvgIpc) is 2.57. The monoisotopic (exact) mass is 550 g/mol. The van der Waals surface area contributed by atoms with Crippen LogP contribution >= 0.6 is 21.2 Å². The van der Waals surface area contributed by atoms with Crippen LogP contribution in [-0.2, 0) is 34.4 Å². The third-order valence-electron chi connectivity index (χ3n) is 2.34. The summed E-state index contributed by atoms with van der Waals surface area (Å²) in [6.45, 7) is 3.54. The average molecular weight is 551 g/mol. The topological polar surface area (TPSA) is 47.0 Å². The van der Waals surface area contributed by atoms with Gasteiger partial charge in [-0.05, 0) is 38.1 Å². The predicted molar refractivity (Wildman–Crippen MR) is 94.4 cm³/mol. The van der Waals surface area contributed by atoms with Gasteiger partial charge in [0.2, 0.25) is 0 Å². The number of aryl methyl sites for hydroxylation is 1. The van der Waals surface area contributed by atoms with Crippen LogP contribution in [-0.4, -0.2) is 21.2 Å². The summed E-state index contributed by atoms with van der Waals surface area (Å²) >= 11 is 2.95. The Balaban J connectivity index is 0.000000381. The van der Waals surface area contributed by atoms with Crippen LogP contribution in [0.2, 0.25) is 0 Å². The molecule has 128 valence electrons. The number of Topliss-reactive ketones (excluding diaryl/α,β-unsaturated/α-hetero) is 1. The number of rotatable bonds is 4. The maximum atomic E-state index is 10.9. The number of pyridine rings is 1. The van der Waals surface area contributed by atoms with Crippen molar-refractivity contribution < 1.29 is 27.8 Å². The molecule has 0 unspecified atom stereocenters. The number of hydrogen-bond acceptors (Lipinski definition) is 4. The van der Waals surface area contributed by atoms with E-state index in [1.54, 1.807) is 37.0 Å². The number of carbonyl (C=O) groups excluding carboxylic acids is 1. The van der Waals surface area contributed by atoms with Crippen molar-refractivity contribution in [2.75, 3.05) is 6.26 Å². The number of hydrogen-bond donors (Lipinski definition) is 0. The Hall–Kier alpha value is -0.612. The van der Waals surface area contributed by atoms with Crippen molar-refractivity contribution in [3.63, 3.8) is 0 Å². The summed E-state index contributed by atoms with van der Waals surface area (Å²) in [4.78, 5) is 15.4. The molecule has 23 heavy (non-hydrogen) atoms. The van der Waals surface area contributed by atoms with E-state index in [2.05, 4.69) is 14.4 Å². The normalized spacial score (nSPS) is 10.3. The molecule has 0 fully saturated rings. The van der Waals surface area contributed by atoms with Crippen molar-refractivity contribution >= 4 is 37.8 Å². The molecule has 7 heteroatoms. The zero-order chi connectivity index (χ0) is 17.7. The molecule has 0 aliphatic heterocycles. The summed E-state index contributed by atoms with van der Waals surface area (Å²) < 4.78 is 10.9. The molecule has 0 spiro atoms. The minimum atomic E-state index is -0.837. The van der Waals surface area contributed by atoms with Crippen molar-refractivity contribution in [3.8, 4) is 0 Å². The van der Waals surface area contributed by atoms with Crippen molar-refractivity contribution in [3.05, 3.63) is 60.0 Å². The Bertz CT molecular complexity index is 595. The fourth-order valence-corrected chi connectivity index (χ4v) is 2.37. The molecule has 0 saturated heterocycles. The molecule has 2 rings (SSSR count). The van der Waals surface area contributed by atoms with E-state index in [0.717, 1.165) is 9.92 Å². The van der Waals surface area contributed by atoms with Gasteiger partial charge >= 0.3 is 28.2 Å². The summed E-state index contributed by atoms with van der Waals surface area (Å²) in [5, 5.41) is 0.850. The predicted octanol–water partition coefficient (Wildman–Crippen LogP) is 4.34. The Morgan fingerprint density at radius 2 is 1.83 bits per heavy atom. The van der Waals surface area contributed by atoms with Gasteiger partial charge < -0.3 is 4.79 Å². The van der Waals surface area contributed by atoms with Crippen LogP contribution < -0.4 is 0 Å². The van der Waals surface area contributed by atoms with E-state index in [4.69, 9.17) is 0 Å². The first-order chi connectivity index (χ1) is 11.0. The molecule has 0 amide bonds. The van der Waals surface area contributed by atoms with Crippen LogP contribution in [0.1, 0.15) is 12.5 Å². The first kappa shape index (κ1) is 22.4. The van der Waals surface area contributed by atoms with Gasteiger partial charge in [-0.2, -0.15) is 0 Å². The van der Waals surface area contributed by atoms with Crippen molar-refractivity contribution in [2.45, 2.75) is 23.8 Å². The van der Waals surface area contributed by atoms with Crippen LogP contribution in [0.5, 0.6) is 0 Å². The van der Waals surface area contributed by atoms with Crippen molar-refractivity contribution in [2.24, 2.45) is 0 Å². The molecule has 0 bridgehead atoms. The van der Waals surface area contributed by atoms with Crippen LogP contribution in [0.15, 0.2) is 58.6 Å². The Kier molecular flexibility index (Phi) is 13.4. The first-order valence-electron chi connectivity index (χ1n) is 6.42. The molecule has 0 radical (unpaired) electrons. The summed E-state index contributed by atoms with van der Waals surface area (Å²) in [5.74, 6) is 1.60. The number of benzene rings is 1. The summed E-state index contributed by atoms with van der Waals surface area (Å²) in [6, 6.07) is 13.3. The second kappa shape index (κ2) is 13.8. The molecule has 1 aromatic carbocycles. The van der Waals surface area contributed by atoms with E-state index >= 15 is 0 Å². The van der Waals surface area contributed by atoms with E-state index in [1.165, 1.54) is 24.2 Å². The third-order valence-corrected chi connectivity index (χ3v) is 4.21. The molecule has 1 atom stereocenters. The molecule has 2 aromatic rings. The number of carbonyl (C=O) groups is 1. The fourth-order valence-electron chi connectivity index (χ4n) is 1.29. The molecule has 0 aliphatic carbocycles. The second-order valence-electron chi connectivity index (χ2n) is 4.28. The Morgan fingerprint density at radius 1 is 1.22 bits per heavy atom. The molecule has 0 aliphatic rings. The Labute approximate surface area is 159 Å². The van der Waals surface area contributed by atoms with Gasteiger partial charge in [0.15, 0.2) is 0 Å². The third kappa shape index (κ3) is 11.5. The molecule has 1 aromatic heterocycles. The van der Waals surface area contributed by atoms with Crippen molar-refractivity contribution in [1.82, 2.24) is 4.98 Å². The quantitative estimate of drug-likeness (QED) is 0.420. The zero-order valence-electron chi connectivity index (χ0n) is 13.0. The standard InChI is InChI=1S/C8H8NOS.C8H10OS.ClH.Pt/c1-7(10)6-11-8-4-2-3-5-9-8;1-7-3-5-8(6-4-7)10(2)9;;/h2-6H,1H3;3-6H,1-2H3;1H;/q-1;;;+2/p-1/t;10-;;/m.0../s1. The van der Waals surface area contributed by atoms with Gasteiger partial charge in [0, 0.05) is 33.9 Å². The SMILES string of the molecule is CC(=O)[CH-]Sc1ccccn1.Cc1ccc([S@](C)=O)cc1.[Cl][Pt+]. The van der Waals surface area contributed by atoms with Gasteiger partial charge in [-0.25, -0.2) is 0 Å². The minimum absolute atomic E-state index is 0.0562. The first-order valence-corrected chi connectivity index (χ1v) is 11.7. The van der Waals surface area contributed by atoms with Gasteiger partial charge in [0.05, 0.1) is 5.03 Å². The van der Waals surface area contributed by atoms with Crippen LogP contribution in [0.25, 0.3) is 0 Å². The van der Waals surface area contributed by atoms with Gasteiger partial charge in [0.25, 0.3) is 0 Å². The number of aromatic nitrogens is 1. The summed E-state index contributed by atoms with van der Waals surface area (Å²) in [5.41, 5.74) is 1.20. The van der Waals surface area contributed by atoms with Crippen LogP contribution in [0.4, 0.5) is 0 Å². The fraction of sp³-hybridized carbons (Fsp3) is 0.188. The van der Waals surface area contributed by atoms with E-state index in [0.29, 0.717) is 0 Å². The van der Waals surface area contributed by atoms with E-state index in [-0.39, 0.29) is 5.78 Å². The molecular formula is C16H18ClNO2PtS2. The van der Waals surface area contributed by atoms with E-state index in [1.807, 2.05) is 49.4 Å². The maximum absolute atomic E-state index is 10.9. The number of thioether (sulfide) groups is 1. The van der Waals surface area contributed by atoms with Gasteiger partial charge in [-0.15, -0.1) is 0 Å². The Morgan fingerprint density at radius 3 is 2.26 bits per heavy atom. The van der Waals surface area contributed by atoms with Crippen molar-refractivity contribution in [1.29, 1.82) is 0 Å². The van der Waals surface area contributed by atoms with Gasteiger partial charge in [-0.1, -0.05) is 23.8 Å². The number of nitrogens with zero attached hydrogens (tertiary/aromatic N) is 1. The van der Waals surface area contributed by atoms with E-state index in [9.17, 15) is 9.00 Å². The number of halogens is 1. The molecular weight excluding hydrogens is 533 g/mol. The summed E-state index contributed by atoms with van der Waals surface area (Å²) in [7, 11) is 3.77. The molecule has 0 saturated carbocycles. The molecule has 0 N–H and O–H groups in total. The second-order valence-corrected chi connectivity index (χ2v) is 6.55. The number of ketones is 1. The van der Waals surface area contributed by atoms with Crippen LogP contribution in [0, 0.1) is 12.7 Å².